The van der Waals surface area contributed by atoms with Crippen molar-refractivity contribution in [2.75, 3.05) is 12.3 Å². The quantitative estimate of drug-likeness (QED) is 0.449. The Kier molecular flexibility index (Phi) is 6.24. The van der Waals surface area contributed by atoms with Crippen molar-refractivity contribution in [1.82, 2.24) is 20.1 Å². The minimum atomic E-state index is -0.0542. The molecular formula is C15H16N4OS4. The highest BCUT2D eigenvalue weighted by molar-refractivity contribution is 7.98. The van der Waals surface area contributed by atoms with Crippen molar-refractivity contribution in [3.63, 3.8) is 0 Å². The van der Waals surface area contributed by atoms with Crippen LogP contribution in [-0.4, -0.2) is 33.0 Å². The Morgan fingerprint density at radius 2 is 2.33 bits per heavy atom. The van der Waals surface area contributed by atoms with Crippen molar-refractivity contribution in [2.45, 2.75) is 12.3 Å². The zero-order chi connectivity index (χ0) is 16.8. The van der Waals surface area contributed by atoms with Crippen LogP contribution in [0.15, 0.2) is 34.3 Å². The van der Waals surface area contributed by atoms with Crippen molar-refractivity contribution in [3.05, 3.63) is 44.7 Å². The summed E-state index contributed by atoms with van der Waals surface area (Å²) in [5.41, 5.74) is 1.33. The molecule has 0 saturated carbocycles. The van der Waals surface area contributed by atoms with E-state index in [9.17, 15) is 4.79 Å². The van der Waals surface area contributed by atoms with E-state index in [1.807, 2.05) is 29.3 Å². The number of nitrogens with one attached hydrogen (secondary N) is 2. The number of aromatic amines is 1. The number of hydrogen-bond donors (Lipinski definition) is 2. The van der Waals surface area contributed by atoms with Crippen molar-refractivity contribution >= 4 is 52.6 Å². The maximum absolute atomic E-state index is 12.2. The fraction of sp³-hybridized carbons (Fsp3) is 0.267. The van der Waals surface area contributed by atoms with Gasteiger partial charge in [-0.25, -0.2) is 0 Å². The van der Waals surface area contributed by atoms with Crippen LogP contribution in [0.5, 0.6) is 0 Å². The first kappa shape index (κ1) is 17.4. The van der Waals surface area contributed by atoms with Crippen LogP contribution in [0.25, 0.3) is 10.7 Å². The highest BCUT2D eigenvalue weighted by atomic mass is 32.2. The van der Waals surface area contributed by atoms with Crippen LogP contribution in [0.2, 0.25) is 0 Å². The van der Waals surface area contributed by atoms with Gasteiger partial charge in [0.1, 0.15) is 6.54 Å². The highest BCUT2D eigenvalue weighted by Crippen LogP contribution is 2.22. The smallest absolute Gasteiger partial charge is 0.240 e. The lowest BCUT2D eigenvalue weighted by molar-refractivity contribution is -0.121. The van der Waals surface area contributed by atoms with Crippen LogP contribution in [0.4, 0.5) is 0 Å². The standard InChI is InChI=1S/C15H16N4OS4/c20-13(16-4-7-23-10-11-3-6-22-9-11)8-19-14(17-18-15(19)21)12-2-1-5-24-12/h1-3,5-6,9H,4,7-8,10H2,(H,16,20)(H,18,21). The molecule has 126 valence electrons. The molecule has 0 aliphatic heterocycles. The predicted molar refractivity (Wildman–Crippen MR) is 104 cm³/mol. The van der Waals surface area contributed by atoms with Gasteiger partial charge in [0.15, 0.2) is 10.6 Å². The van der Waals surface area contributed by atoms with E-state index in [2.05, 4.69) is 32.3 Å². The second-order valence-corrected chi connectivity index (χ2v) is 8.17. The summed E-state index contributed by atoms with van der Waals surface area (Å²) >= 11 is 10.3. The van der Waals surface area contributed by atoms with Gasteiger partial charge in [0.25, 0.3) is 0 Å². The molecule has 0 aromatic carbocycles. The molecule has 3 heterocycles. The molecule has 24 heavy (non-hydrogen) atoms. The van der Waals surface area contributed by atoms with E-state index >= 15 is 0 Å². The lowest BCUT2D eigenvalue weighted by atomic mass is 10.4. The summed E-state index contributed by atoms with van der Waals surface area (Å²) in [5, 5.41) is 16.1. The van der Waals surface area contributed by atoms with Gasteiger partial charge in [-0.05, 0) is 46.1 Å². The van der Waals surface area contributed by atoms with Gasteiger partial charge in [-0.2, -0.15) is 28.2 Å². The number of thioether (sulfide) groups is 1. The Labute approximate surface area is 157 Å². The molecule has 0 unspecified atom stereocenters. The normalized spacial score (nSPS) is 10.8. The summed E-state index contributed by atoms with van der Waals surface area (Å²) in [7, 11) is 0. The molecule has 0 spiro atoms. The number of hydrogen-bond acceptors (Lipinski definition) is 6. The first-order valence-corrected chi connectivity index (χ1v) is 10.7. The molecule has 0 radical (unpaired) electrons. The summed E-state index contributed by atoms with van der Waals surface area (Å²) in [5.74, 6) is 2.52. The second-order valence-electron chi connectivity index (χ2n) is 4.95. The Morgan fingerprint density at radius 3 is 3.08 bits per heavy atom. The molecule has 0 fully saturated rings. The van der Waals surface area contributed by atoms with E-state index in [0.29, 0.717) is 17.1 Å². The molecule has 5 nitrogen and oxygen atoms in total. The Hall–Kier alpha value is -1.42. The number of H-pyrrole nitrogens is 1. The van der Waals surface area contributed by atoms with Crippen molar-refractivity contribution < 1.29 is 4.79 Å². The predicted octanol–water partition coefficient (Wildman–Crippen LogP) is 3.78. The number of aromatic nitrogens is 3. The van der Waals surface area contributed by atoms with Gasteiger partial charge in [-0.3, -0.25) is 14.5 Å². The first-order chi connectivity index (χ1) is 11.7. The molecule has 3 aromatic heterocycles. The van der Waals surface area contributed by atoms with Crippen molar-refractivity contribution in [3.8, 4) is 10.7 Å². The largest absolute Gasteiger partial charge is 0.354 e. The van der Waals surface area contributed by atoms with E-state index < -0.39 is 0 Å². The zero-order valence-electron chi connectivity index (χ0n) is 12.7. The molecular weight excluding hydrogens is 380 g/mol. The third kappa shape index (κ3) is 4.56. The highest BCUT2D eigenvalue weighted by Gasteiger charge is 2.12. The van der Waals surface area contributed by atoms with E-state index in [-0.39, 0.29) is 12.5 Å². The molecule has 0 aliphatic rings. The van der Waals surface area contributed by atoms with Gasteiger partial charge in [0.05, 0.1) is 4.88 Å². The minimum Gasteiger partial charge on any atom is -0.354 e. The van der Waals surface area contributed by atoms with Crippen LogP contribution in [0.3, 0.4) is 0 Å². The summed E-state index contributed by atoms with van der Waals surface area (Å²) in [6, 6.07) is 6.04. The monoisotopic (exact) mass is 396 g/mol. The van der Waals surface area contributed by atoms with E-state index in [0.717, 1.165) is 16.4 Å². The lowest BCUT2D eigenvalue weighted by Crippen LogP contribution is -2.29. The van der Waals surface area contributed by atoms with E-state index in [1.54, 1.807) is 27.2 Å². The SMILES string of the molecule is O=C(Cn1c(-c2cccs2)n[nH]c1=S)NCCSCc1ccsc1. The number of carbonyl (C=O) groups is 1. The zero-order valence-corrected chi connectivity index (χ0v) is 16.0. The third-order valence-corrected chi connectivity index (χ3v) is 6.16. The molecule has 3 rings (SSSR count). The Bertz CT molecular complexity index is 820. The van der Waals surface area contributed by atoms with Crippen LogP contribution in [-0.2, 0) is 17.1 Å². The van der Waals surface area contributed by atoms with Crippen LogP contribution < -0.4 is 5.32 Å². The fourth-order valence-corrected chi connectivity index (χ4v) is 4.58. The maximum atomic E-state index is 12.2. The maximum Gasteiger partial charge on any atom is 0.240 e. The summed E-state index contributed by atoms with van der Waals surface area (Å²) in [6.07, 6.45) is 0. The summed E-state index contributed by atoms with van der Waals surface area (Å²) in [6.45, 7) is 0.824. The van der Waals surface area contributed by atoms with Gasteiger partial charge in [-0.15, -0.1) is 11.3 Å². The number of thiophene rings is 2. The Balaban J connectivity index is 1.47. The number of rotatable bonds is 8. The second kappa shape index (κ2) is 8.61. The minimum absolute atomic E-state index is 0.0542. The molecule has 0 bridgehead atoms. The van der Waals surface area contributed by atoms with Gasteiger partial charge in [0, 0.05) is 18.1 Å². The van der Waals surface area contributed by atoms with Crippen molar-refractivity contribution in [2.24, 2.45) is 0 Å². The third-order valence-electron chi connectivity index (χ3n) is 3.22. The van der Waals surface area contributed by atoms with E-state index in [1.165, 1.54) is 5.56 Å². The van der Waals surface area contributed by atoms with Crippen LogP contribution in [0, 0.1) is 4.77 Å². The molecule has 1 amide bonds. The van der Waals surface area contributed by atoms with Gasteiger partial charge in [0.2, 0.25) is 5.91 Å². The lowest BCUT2D eigenvalue weighted by Gasteiger charge is -2.07. The molecule has 3 aromatic rings. The molecule has 0 atom stereocenters. The van der Waals surface area contributed by atoms with Gasteiger partial charge >= 0.3 is 0 Å². The molecule has 2 N–H and O–H groups in total. The van der Waals surface area contributed by atoms with E-state index in [4.69, 9.17) is 12.2 Å². The molecule has 0 saturated heterocycles. The Morgan fingerprint density at radius 1 is 1.42 bits per heavy atom. The topological polar surface area (TPSA) is 62.7 Å². The molecule has 0 aliphatic carbocycles. The average molecular weight is 397 g/mol. The fourth-order valence-electron chi connectivity index (χ4n) is 2.09. The summed E-state index contributed by atoms with van der Waals surface area (Å²) in [4.78, 5) is 13.1. The van der Waals surface area contributed by atoms with Crippen LogP contribution >= 0.6 is 46.7 Å². The summed E-state index contributed by atoms with van der Waals surface area (Å²) < 4.78 is 2.19. The number of amides is 1. The van der Waals surface area contributed by atoms with Crippen molar-refractivity contribution in [1.29, 1.82) is 0 Å². The number of carbonyl (C=O) groups excluding carboxylic acids is 1. The average Bonchev–Trinajstić information content (AvgIpc) is 3.30. The van der Waals surface area contributed by atoms with Gasteiger partial charge in [-0.1, -0.05) is 6.07 Å². The van der Waals surface area contributed by atoms with Crippen LogP contribution in [0.1, 0.15) is 5.56 Å². The first-order valence-electron chi connectivity index (χ1n) is 7.28. The number of nitrogens with zero attached hydrogens (tertiary/aromatic N) is 2. The van der Waals surface area contributed by atoms with Gasteiger partial charge < -0.3 is 5.32 Å². The molecule has 9 heteroatoms.